The Morgan fingerprint density at radius 1 is 1.00 bits per heavy atom. The maximum atomic E-state index is 11.1. The topological polar surface area (TPSA) is 20.3 Å². The summed E-state index contributed by atoms with van der Waals surface area (Å²) in [6.07, 6.45) is 4.58. The first-order chi connectivity index (χ1) is 6.72. The Bertz CT molecular complexity index is 115. The third kappa shape index (κ3) is 9.56. The monoisotopic (exact) mass is 201 g/mol. The van der Waals surface area contributed by atoms with Crippen molar-refractivity contribution in [3.8, 4) is 0 Å². The summed E-state index contributed by atoms with van der Waals surface area (Å²) in [6.45, 7) is 11.8. The highest BCUT2D eigenvalue weighted by Crippen LogP contribution is 1.99. The molecule has 86 valence electrons. The minimum atomic E-state index is 0.219. The van der Waals surface area contributed by atoms with E-state index in [4.69, 9.17) is 0 Å². The number of amides is 1. The second kappa shape index (κ2) is 12.5. The van der Waals surface area contributed by atoms with E-state index in [0.717, 1.165) is 38.8 Å². The van der Waals surface area contributed by atoms with E-state index in [0.29, 0.717) is 0 Å². The van der Waals surface area contributed by atoms with Crippen LogP contribution >= 0.6 is 0 Å². The zero-order valence-electron chi connectivity index (χ0n) is 10.6. The number of unbranched alkanes of at least 4 members (excludes halogenated alkanes) is 2. The second-order valence-corrected chi connectivity index (χ2v) is 3.21. The molecular formula is C12H27NO. The average molecular weight is 201 g/mol. The Morgan fingerprint density at radius 2 is 1.36 bits per heavy atom. The maximum absolute atomic E-state index is 11.1. The third-order valence-corrected chi connectivity index (χ3v) is 2.01. The molecule has 0 aromatic heterocycles. The molecule has 0 spiro atoms. The van der Waals surface area contributed by atoms with Crippen molar-refractivity contribution in [1.29, 1.82) is 0 Å². The van der Waals surface area contributed by atoms with Gasteiger partial charge in [-0.1, -0.05) is 40.5 Å². The van der Waals surface area contributed by atoms with Crippen LogP contribution in [0.5, 0.6) is 0 Å². The maximum Gasteiger partial charge on any atom is 0.219 e. The predicted molar refractivity (Wildman–Crippen MR) is 63.4 cm³/mol. The number of carbonyl (C=O) groups excluding carboxylic acids is 1. The molecule has 2 heteroatoms. The lowest BCUT2D eigenvalue weighted by Gasteiger charge is -2.20. The molecule has 0 aliphatic rings. The van der Waals surface area contributed by atoms with E-state index in [1.165, 1.54) is 0 Å². The van der Waals surface area contributed by atoms with E-state index in [1.807, 2.05) is 18.7 Å². The van der Waals surface area contributed by atoms with Crippen molar-refractivity contribution in [1.82, 2.24) is 4.90 Å². The van der Waals surface area contributed by atoms with Crippen LogP contribution in [-0.4, -0.2) is 23.9 Å². The number of rotatable bonds is 6. The van der Waals surface area contributed by atoms with Gasteiger partial charge in [0.2, 0.25) is 5.91 Å². The average Bonchev–Trinajstić information content (AvgIpc) is 2.20. The van der Waals surface area contributed by atoms with Gasteiger partial charge in [-0.05, 0) is 12.8 Å². The lowest BCUT2D eigenvalue weighted by molar-refractivity contribution is -0.129. The van der Waals surface area contributed by atoms with Crippen molar-refractivity contribution >= 4 is 5.91 Å². The minimum Gasteiger partial charge on any atom is -0.343 e. The van der Waals surface area contributed by atoms with Crippen LogP contribution in [0.25, 0.3) is 0 Å². The van der Waals surface area contributed by atoms with Crippen molar-refractivity contribution in [3.63, 3.8) is 0 Å². The fraction of sp³-hybridized carbons (Fsp3) is 0.917. The molecule has 0 unspecified atom stereocenters. The number of carbonyl (C=O) groups is 1. The van der Waals surface area contributed by atoms with Crippen LogP contribution in [0.4, 0.5) is 0 Å². The molecule has 0 saturated heterocycles. The molecule has 0 rings (SSSR count). The first kappa shape index (κ1) is 15.9. The smallest absolute Gasteiger partial charge is 0.219 e. The first-order valence-electron chi connectivity index (χ1n) is 5.97. The molecule has 0 aromatic rings. The van der Waals surface area contributed by atoms with E-state index in [-0.39, 0.29) is 5.91 Å². The lowest BCUT2D eigenvalue weighted by Crippen LogP contribution is -2.30. The predicted octanol–water partition coefficient (Wildman–Crippen LogP) is 3.46. The summed E-state index contributed by atoms with van der Waals surface area (Å²) in [5, 5.41) is 0. The third-order valence-electron chi connectivity index (χ3n) is 2.01. The summed E-state index contributed by atoms with van der Waals surface area (Å²) in [4.78, 5) is 13.0. The minimum absolute atomic E-state index is 0.219. The Labute approximate surface area is 89.7 Å². The van der Waals surface area contributed by atoms with Crippen molar-refractivity contribution in [2.45, 2.75) is 60.3 Å². The van der Waals surface area contributed by atoms with Crippen molar-refractivity contribution in [2.24, 2.45) is 0 Å². The molecule has 1 amide bonds. The van der Waals surface area contributed by atoms with Crippen LogP contribution in [0, 0.1) is 0 Å². The van der Waals surface area contributed by atoms with Gasteiger partial charge in [0, 0.05) is 20.0 Å². The highest BCUT2D eigenvalue weighted by Gasteiger charge is 2.05. The summed E-state index contributed by atoms with van der Waals surface area (Å²) >= 11 is 0. The van der Waals surface area contributed by atoms with Gasteiger partial charge in [0.15, 0.2) is 0 Å². The number of nitrogens with zero attached hydrogens (tertiary/aromatic N) is 1. The molecule has 0 aromatic carbocycles. The number of hydrogen-bond donors (Lipinski definition) is 0. The Hall–Kier alpha value is -0.530. The normalized spacial score (nSPS) is 8.93. The highest BCUT2D eigenvalue weighted by atomic mass is 16.2. The molecular weight excluding hydrogens is 174 g/mol. The van der Waals surface area contributed by atoms with Crippen LogP contribution in [0.2, 0.25) is 0 Å². The van der Waals surface area contributed by atoms with Crippen LogP contribution in [0.1, 0.15) is 60.3 Å². The van der Waals surface area contributed by atoms with E-state index in [9.17, 15) is 4.79 Å². The Kier molecular flexibility index (Phi) is 14.2. The SMILES string of the molecule is CC.CCCCN(CCCC)C(C)=O. The van der Waals surface area contributed by atoms with Gasteiger partial charge in [-0.3, -0.25) is 4.79 Å². The summed E-state index contributed by atoms with van der Waals surface area (Å²) in [5.41, 5.74) is 0. The zero-order chi connectivity index (χ0) is 11.4. The molecule has 0 bridgehead atoms. The molecule has 0 aliphatic heterocycles. The molecule has 0 atom stereocenters. The van der Waals surface area contributed by atoms with Gasteiger partial charge < -0.3 is 4.90 Å². The van der Waals surface area contributed by atoms with Gasteiger partial charge in [0.05, 0.1) is 0 Å². The summed E-state index contributed by atoms with van der Waals surface area (Å²) in [6, 6.07) is 0. The van der Waals surface area contributed by atoms with Gasteiger partial charge in [-0.25, -0.2) is 0 Å². The molecule has 0 aliphatic carbocycles. The van der Waals surface area contributed by atoms with Crippen LogP contribution in [-0.2, 0) is 4.79 Å². The van der Waals surface area contributed by atoms with Crippen LogP contribution in [0.15, 0.2) is 0 Å². The fourth-order valence-electron chi connectivity index (χ4n) is 1.12. The molecule has 2 nitrogen and oxygen atoms in total. The van der Waals surface area contributed by atoms with Gasteiger partial charge in [-0.15, -0.1) is 0 Å². The molecule has 14 heavy (non-hydrogen) atoms. The highest BCUT2D eigenvalue weighted by molar-refractivity contribution is 5.73. The molecule has 0 fully saturated rings. The van der Waals surface area contributed by atoms with Gasteiger partial charge >= 0.3 is 0 Å². The molecule has 0 heterocycles. The Morgan fingerprint density at radius 3 is 1.57 bits per heavy atom. The number of hydrogen-bond acceptors (Lipinski definition) is 1. The molecule has 0 saturated carbocycles. The van der Waals surface area contributed by atoms with E-state index >= 15 is 0 Å². The van der Waals surface area contributed by atoms with E-state index in [2.05, 4.69) is 13.8 Å². The Balaban J connectivity index is 0. The van der Waals surface area contributed by atoms with E-state index < -0.39 is 0 Å². The summed E-state index contributed by atoms with van der Waals surface area (Å²) in [5.74, 6) is 0.219. The van der Waals surface area contributed by atoms with Gasteiger partial charge in [0.25, 0.3) is 0 Å². The van der Waals surface area contributed by atoms with Crippen molar-refractivity contribution in [3.05, 3.63) is 0 Å². The largest absolute Gasteiger partial charge is 0.343 e. The van der Waals surface area contributed by atoms with Crippen molar-refractivity contribution in [2.75, 3.05) is 13.1 Å². The molecule has 0 N–H and O–H groups in total. The van der Waals surface area contributed by atoms with E-state index in [1.54, 1.807) is 6.92 Å². The first-order valence-corrected chi connectivity index (χ1v) is 5.97. The lowest BCUT2D eigenvalue weighted by atomic mass is 10.2. The molecule has 0 radical (unpaired) electrons. The second-order valence-electron chi connectivity index (χ2n) is 3.21. The zero-order valence-corrected chi connectivity index (χ0v) is 10.6. The fourth-order valence-corrected chi connectivity index (χ4v) is 1.12. The summed E-state index contributed by atoms with van der Waals surface area (Å²) in [7, 11) is 0. The van der Waals surface area contributed by atoms with Crippen molar-refractivity contribution < 1.29 is 4.79 Å². The standard InChI is InChI=1S/C10H21NO.C2H6/c1-4-6-8-11(10(3)12)9-7-5-2;1-2/h4-9H2,1-3H3;1-2H3. The van der Waals surface area contributed by atoms with Crippen LogP contribution in [0.3, 0.4) is 0 Å². The van der Waals surface area contributed by atoms with Gasteiger partial charge in [0.1, 0.15) is 0 Å². The quantitative estimate of drug-likeness (QED) is 0.644. The summed E-state index contributed by atoms with van der Waals surface area (Å²) < 4.78 is 0. The van der Waals surface area contributed by atoms with Gasteiger partial charge in [-0.2, -0.15) is 0 Å². The van der Waals surface area contributed by atoms with Crippen LogP contribution < -0.4 is 0 Å².